The Labute approximate surface area is 277 Å². The fourth-order valence-electron chi connectivity index (χ4n) is 6.23. The summed E-state index contributed by atoms with van der Waals surface area (Å²) in [4.78, 5) is 14.2. The first-order chi connectivity index (χ1) is 23.0. The predicted octanol–water partition coefficient (Wildman–Crippen LogP) is 7.61. The smallest absolute Gasteiger partial charge is 0.379 e. The van der Waals surface area contributed by atoms with E-state index in [9.17, 15) is 39.5 Å². The minimum Gasteiger partial charge on any atom is -0.379 e. The molecule has 0 amide bonds. The quantitative estimate of drug-likeness (QED) is 0.213. The first-order valence-corrected chi connectivity index (χ1v) is 15.7. The van der Waals surface area contributed by atoms with E-state index in [-0.39, 0.29) is 41.5 Å². The maximum absolute atomic E-state index is 14.1. The van der Waals surface area contributed by atoms with E-state index in [1.165, 1.54) is 23.4 Å². The minimum absolute atomic E-state index is 0.0330. The molecule has 7 nitrogen and oxygen atoms in total. The number of hydrogen-bond donors (Lipinski definition) is 0. The summed E-state index contributed by atoms with van der Waals surface area (Å²) in [6.07, 6.45) is -12.2. The van der Waals surface area contributed by atoms with E-state index in [4.69, 9.17) is 9.47 Å². The van der Waals surface area contributed by atoms with Gasteiger partial charge in [-0.05, 0) is 52.9 Å². The van der Waals surface area contributed by atoms with E-state index in [1.807, 2.05) is 18.7 Å². The van der Waals surface area contributed by atoms with E-state index in [0.29, 0.717) is 76.1 Å². The SMILES string of the molecule is CC(C)C(c1ccc(C(F)(F)F)cc1CN(Cc1cc(C(F)(F)F)cc(C(F)(F)F)c1)c1cnc(N2CCOCC2)cn1)N1CCOCC1. The van der Waals surface area contributed by atoms with Gasteiger partial charge in [0.15, 0.2) is 0 Å². The molecule has 268 valence electrons. The molecule has 0 bridgehead atoms. The van der Waals surface area contributed by atoms with Crippen LogP contribution in [0.4, 0.5) is 51.1 Å². The molecule has 2 aliphatic heterocycles. The standard InChI is InChI=1S/C33H36F9N5O2/c1-21(2)30(46-7-11-49-12-8-46)27-4-3-24(31(34,35)36)15-23(27)20-47(29-18-43-28(17-44-29)45-5-9-48-10-6-45)19-22-13-25(32(37,38)39)16-26(14-22)33(40,41)42/h3-4,13-18,21,30H,5-12,19-20H2,1-2H3. The van der Waals surface area contributed by atoms with Crippen LogP contribution in [-0.4, -0.2) is 67.5 Å². The van der Waals surface area contributed by atoms with Crippen LogP contribution in [-0.2, 0) is 41.1 Å². The summed E-state index contributed by atoms with van der Waals surface area (Å²) in [5, 5.41) is 0. The molecule has 49 heavy (non-hydrogen) atoms. The Morgan fingerprint density at radius 3 is 1.78 bits per heavy atom. The van der Waals surface area contributed by atoms with Crippen LogP contribution in [0.3, 0.4) is 0 Å². The number of rotatable bonds is 9. The topological polar surface area (TPSA) is 54.0 Å². The number of nitrogens with zero attached hydrogens (tertiary/aromatic N) is 5. The Morgan fingerprint density at radius 2 is 1.27 bits per heavy atom. The zero-order valence-corrected chi connectivity index (χ0v) is 26.8. The van der Waals surface area contributed by atoms with Crippen molar-refractivity contribution in [2.45, 2.75) is 51.5 Å². The van der Waals surface area contributed by atoms with Crippen molar-refractivity contribution in [2.24, 2.45) is 5.92 Å². The lowest BCUT2D eigenvalue weighted by Crippen LogP contribution is -2.41. The number of morpholine rings is 2. The lowest BCUT2D eigenvalue weighted by atomic mass is 9.89. The third-order valence-electron chi connectivity index (χ3n) is 8.53. The molecule has 1 atom stereocenters. The van der Waals surface area contributed by atoms with E-state index in [2.05, 4.69) is 14.9 Å². The molecule has 0 aliphatic carbocycles. The van der Waals surface area contributed by atoms with Gasteiger partial charge >= 0.3 is 18.5 Å². The molecule has 2 aromatic carbocycles. The average molecular weight is 706 g/mol. The summed E-state index contributed by atoms with van der Waals surface area (Å²) >= 11 is 0. The number of anilines is 2. The van der Waals surface area contributed by atoms with Crippen molar-refractivity contribution in [3.63, 3.8) is 0 Å². The first-order valence-electron chi connectivity index (χ1n) is 15.7. The number of halogens is 9. The van der Waals surface area contributed by atoms with Gasteiger partial charge in [0.05, 0.1) is 55.5 Å². The molecule has 3 aromatic rings. The van der Waals surface area contributed by atoms with Crippen molar-refractivity contribution >= 4 is 11.6 Å². The van der Waals surface area contributed by atoms with Gasteiger partial charge in [0, 0.05) is 45.3 Å². The fourth-order valence-corrected chi connectivity index (χ4v) is 6.23. The molecule has 2 saturated heterocycles. The van der Waals surface area contributed by atoms with Crippen LogP contribution in [0.2, 0.25) is 0 Å². The van der Waals surface area contributed by atoms with Crippen LogP contribution >= 0.6 is 0 Å². The molecule has 0 radical (unpaired) electrons. The molecular formula is C33H36F9N5O2. The monoisotopic (exact) mass is 705 g/mol. The molecule has 3 heterocycles. The van der Waals surface area contributed by atoms with E-state index < -0.39 is 41.8 Å². The van der Waals surface area contributed by atoms with E-state index in [0.717, 1.165) is 12.1 Å². The Bertz CT molecular complexity index is 1520. The highest BCUT2D eigenvalue weighted by molar-refractivity contribution is 5.47. The van der Waals surface area contributed by atoms with Crippen LogP contribution < -0.4 is 9.80 Å². The Morgan fingerprint density at radius 1 is 0.694 bits per heavy atom. The van der Waals surface area contributed by atoms with Gasteiger partial charge in [-0.15, -0.1) is 0 Å². The number of alkyl halides is 9. The van der Waals surface area contributed by atoms with Gasteiger partial charge in [-0.25, -0.2) is 9.97 Å². The summed E-state index contributed by atoms with van der Waals surface area (Å²) in [7, 11) is 0. The summed E-state index contributed by atoms with van der Waals surface area (Å²) < 4.78 is 136. The van der Waals surface area contributed by atoms with Crippen LogP contribution in [0.1, 0.15) is 53.3 Å². The Balaban J connectivity index is 1.62. The summed E-state index contributed by atoms with van der Waals surface area (Å²) in [6, 6.07) is 4.26. The Kier molecular flexibility index (Phi) is 11.0. The molecule has 2 fully saturated rings. The van der Waals surface area contributed by atoms with Gasteiger partial charge in [-0.2, -0.15) is 39.5 Å². The van der Waals surface area contributed by atoms with Crippen molar-refractivity contribution < 1.29 is 49.0 Å². The maximum Gasteiger partial charge on any atom is 0.416 e. The number of benzene rings is 2. The molecular weight excluding hydrogens is 669 g/mol. The second-order valence-corrected chi connectivity index (χ2v) is 12.4. The van der Waals surface area contributed by atoms with Crippen molar-refractivity contribution in [1.82, 2.24) is 14.9 Å². The van der Waals surface area contributed by atoms with Gasteiger partial charge in [-0.1, -0.05) is 19.9 Å². The van der Waals surface area contributed by atoms with Crippen molar-refractivity contribution in [1.29, 1.82) is 0 Å². The molecule has 1 unspecified atom stereocenters. The van der Waals surface area contributed by atoms with Gasteiger partial charge < -0.3 is 19.3 Å². The van der Waals surface area contributed by atoms with Crippen LogP contribution in [0.25, 0.3) is 0 Å². The lowest BCUT2D eigenvalue weighted by molar-refractivity contribution is -0.143. The largest absolute Gasteiger partial charge is 0.416 e. The second-order valence-electron chi connectivity index (χ2n) is 12.4. The zero-order valence-electron chi connectivity index (χ0n) is 26.8. The van der Waals surface area contributed by atoms with E-state index in [1.54, 1.807) is 0 Å². The molecule has 0 N–H and O–H groups in total. The van der Waals surface area contributed by atoms with Crippen LogP contribution in [0.15, 0.2) is 48.8 Å². The highest BCUT2D eigenvalue weighted by atomic mass is 19.4. The van der Waals surface area contributed by atoms with Crippen molar-refractivity contribution in [3.8, 4) is 0 Å². The molecule has 0 saturated carbocycles. The summed E-state index contributed by atoms with van der Waals surface area (Å²) in [5.74, 6) is 0.448. The van der Waals surface area contributed by atoms with Crippen molar-refractivity contribution in [2.75, 3.05) is 62.4 Å². The molecule has 1 aromatic heterocycles. The second kappa shape index (κ2) is 14.7. The zero-order chi connectivity index (χ0) is 35.6. The summed E-state index contributed by atoms with van der Waals surface area (Å²) in [5.41, 5.74) is -3.56. The van der Waals surface area contributed by atoms with Gasteiger partial charge in [-0.3, -0.25) is 4.90 Å². The summed E-state index contributed by atoms with van der Waals surface area (Å²) in [6.45, 7) is 6.82. The maximum atomic E-state index is 14.1. The third kappa shape index (κ3) is 9.14. The molecule has 0 spiro atoms. The first kappa shape index (κ1) is 36.6. The van der Waals surface area contributed by atoms with Crippen molar-refractivity contribution in [3.05, 3.63) is 82.2 Å². The lowest BCUT2D eigenvalue weighted by Gasteiger charge is -2.39. The normalized spacial score (nSPS) is 17.4. The van der Waals surface area contributed by atoms with E-state index >= 15 is 0 Å². The van der Waals surface area contributed by atoms with Gasteiger partial charge in [0.2, 0.25) is 0 Å². The number of aromatic nitrogens is 2. The minimum atomic E-state index is -5.09. The molecule has 5 rings (SSSR count). The average Bonchev–Trinajstić information content (AvgIpc) is 3.04. The molecule has 16 heteroatoms. The predicted molar refractivity (Wildman–Crippen MR) is 163 cm³/mol. The number of ether oxygens (including phenoxy) is 2. The highest BCUT2D eigenvalue weighted by Crippen LogP contribution is 2.39. The fraction of sp³-hybridized carbons (Fsp3) is 0.515. The van der Waals surface area contributed by atoms with Gasteiger partial charge in [0.25, 0.3) is 0 Å². The van der Waals surface area contributed by atoms with Crippen LogP contribution in [0.5, 0.6) is 0 Å². The number of hydrogen-bond acceptors (Lipinski definition) is 7. The Hall–Kier alpha value is -3.63. The molecule has 2 aliphatic rings. The van der Waals surface area contributed by atoms with Crippen LogP contribution in [0, 0.1) is 5.92 Å². The highest BCUT2D eigenvalue weighted by Gasteiger charge is 2.38. The van der Waals surface area contributed by atoms with Gasteiger partial charge in [0.1, 0.15) is 11.6 Å². The third-order valence-corrected chi connectivity index (χ3v) is 8.53.